The average Bonchev–Trinajstić information content (AvgIpc) is 2.04. The molecule has 0 aromatic rings. The number of carbonyl (C=O) groups is 2. The Hall–Kier alpha value is -0.940. The van der Waals surface area contributed by atoms with Crippen molar-refractivity contribution in [1.29, 1.82) is 0 Å². The van der Waals surface area contributed by atoms with Gasteiger partial charge in [-0.2, -0.15) is 0 Å². The Kier molecular flexibility index (Phi) is 5.32. The van der Waals surface area contributed by atoms with E-state index in [4.69, 9.17) is 10.5 Å². The molecule has 11 heavy (non-hydrogen) atoms. The Morgan fingerprint density at radius 1 is 1.45 bits per heavy atom. The molecular formula is C6H12N2O3. The fourth-order valence-electron chi connectivity index (χ4n) is 0.389. The second-order valence-corrected chi connectivity index (χ2v) is 1.91. The third-order valence-corrected chi connectivity index (χ3v) is 1.00. The Morgan fingerprint density at radius 2 is 2.09 bits per heavy atom. The lowest BCUT2D eigenvalue weighted by molar-refractivity contribution is -0.129. The number of likely N-dealkylation sites (N-methyl/N-ethyl adjacent to an activating group) is 1. The van der Waals surface area contributed by atoms with Crippen LogP contribution >= 0.6 is 0 Å². The van der Waals surface area contributed by atoms with E-state index < -0.39 is 0 Å². The summed E-state index contributed by atoms with van der Waals surface area (Å²) in [7, 11) is 1.50. The molecule has 5 heteroatoms. The summed E-state index contributed by atoms with van der Waals surface area (Å²) in [6.45, 7) is -0.236. The van der Waals surface area contributed by atoms with Gasteiger partial charge in [-0.15, -0.1) is 0 Å². The third kappa shape index (κ3) is 5.50. The standard InChI is InChI=1S/C6H12N2O3/c1-8-6(10)4-11-3-5(9)2-7/h2-4,7H2,1H3,(H,8,10). The van der Waals surface area contributed by atoms with Gasteiger partial charge in [-0.25, -0.2) is 0 Å². The minimum absolute atomic E-state index is 0.0479. The van der Waals surface area contributed by atoms with Gasteiger partial charge in [0.25, 0.3) is 0 Å². The quantitative estimate of drug-likeness (QED) is 0.501. The molecule has 0 fully saturated rings. The van der Waals surface area contributed by atoms with E-state index in [2.05, 4.69) is 5.32 Å². The van der Waals surface area contributed by atoms with Crippen LogP contribution in [0.15, 0.2) is 0 Å². The number of Topliss-reactive ketones (excluding diaryl/α,β-unsaturated/α-hetero) is 1. The van der Waals surface area contributed by atoms with Crippen LogP contribution in [0.5, 0.6) is 0 Å². The molecule has 1 amide bonds. The summed E-state index contributed by atoms with van der Waals surface area (Å²) >= 11 is 0. The first kappa shape index (κ1) is 10.1. The van der Waals surface area contributed by atoms with Crippen LogP contribution in [-0.4, -0.2) is 38.5 Å². The molecule has 0 bridgehead atoms. The number of rotatable bonds is 5. The highest BCUT2D eigenvalue weighted by molar-refractivity contribution is 5.82. The highest BCUT2D eigenvalue weighted by atomic mass is 16.5. The van der Waals surface area contributed by atoms with Crippen molar-refractivity contribution in [3.63, 3.8) is 0 Å². The smallest absolute Gasteiger partial charge is 0.245 e. The Morgan fingerprint density at radius 3 is 2.55 bits per heavy atom. The van der Waals surface area contributed by atoms with Crippen LogP contribution in [0.2, 0.25) is 0 Å². The van der Waals surface area contributed by atoms with Gasteiger partial charge in [0.05, 0.1) is 6.54 Å². The summed E-state index contributed by atoms with van der Waals surface area (Å²) in [4.78, 5) is 21.0. The Balaban J connectivity index is 3.27. The molecule has 0 radical (unpaired) electrons. The minimum Gasteiger partial charge on any atom is -0.364 e. The van der Waals surface area contributed by atoms with Crippen molar-refractivity contribution in [2.75, 3.05) is 26.8 Å². The largest absolute Gasteiger partial charge is 0.364 e. The normalized spacial score (nSPS) is 9.27. The fourth-order valence-corrected chi connectivity index (χ4v) is 0.389. The zero-order valence-electron chi connectivity index (χ0n) is 6.42. The van der Waals surface area contributed by atoms with E-state index in [1.54, 1.807) is 0 Å². The first-order valence-electron chi connectivity index (χ1n) is 3.20. The van der Waals surface area contributed by atoms with Crippen molar-refractivity contribution in [2.45, 2.75) is 0 Å². The summed E-state index contributed by atoms with van der Waals surface area (Å²) < 4.78 is 4.70. The molecule has 0 saturated carbocycles. The van der Waals surface area contributed by atoms with E-state index in [0.29, 0.717) is 0 Å². The van der Waals surface area contributed by atoms with Crippen LogP contribution in [0, 0.1) is 0 Å². The number of carbonyl (C=O) groups excluding carboxylic acids is 2. The zero-order chi connectivity index (χ0) is 8.69. The van der Waals surface area contributed by atoms with Crippen molar-refractivity contribution < 1.29 is 14.3 Å². The molecule has 3 N–H and O–H groups in total. The highest BCUT2D eigenvalue weighted by Gasteiger charge is 2.00. The van der Waals surface area contributed by atoms with Crippen molar-refractivity contribution in [3.8, 4) is 0 Å². The predicted octanol–water partition coefficient (Wildman–Crippen LogP) is -1.72. The summed E-state index contributed by atoms with van der Waals surface area (Å²) in [5.41, 5.74) is 4.99. The third-order valence-electron chi connectivity index (χ3n) is 1.00. The zero-order valence-corrected chi connectivity index (χ0v) is 6.42. The van der Waals surface area contributed by atoms with E-state index in [-0.39, 0.29) is 31.4 Å². The van der Waals surface area contributed by atoms with Crippen LogP contribution in [0.3, 0.4) is 0 Å². The van der Waals surface area contributed by atoms with Crippen LogP contribution in [0.4, 0.5) is 0 Å². The predicted molar refractivity (Wildman–Crippen MR) is 38.9 cm³/mol. The summed E-state index contributed by atoms with van der Waals surface area (Å²) in [6, 6.07) is 0. The van der Waals surface area contributed by atoms with E-state index >= 15 is 0 Å². The van der Waals surface area contributed by atoms with Gasteiger partial charge in [-0.05, 0) is 0 Å². The molecule has 0 aliphatic rings. The Labute approximate surface area is 64.9 Å². The van der Waals surface area contributed by atoms with Crippen LogP contribution in [-0.2, 0) is 14.3 Å². The summed E-state index contributed by atoms with van der Waals surface area (Å²) in [5.74, 6) is -0.469. The molecule has 0 spiro atoms. The molecule has 0 aromatic heterocycles. The fraction of sp³-hybridized carbons (Fsp3) is 0.667. The van der Waals surface area contributed by atoms with E-state index in [1.807, 2.05) is 0 Å². The number of nitrogens with two attached hydrogens (primary N) is 1. The maximum atomic E-state index is 10.5. The van der Waals surface area contributed by atoms with Crippen molar-refractivity contribution >= 4 is 11.7 Å². The molecule has 0 aliphatic carbocycles. The molecular weight excluding hydrogens is 148 g/mol. The lowest BCUT2D eigenvalue weighted by Gasteiger charge is -2.00. The number of hydrogen-bond donors (Lipinski definition) is 2. The SMILES string of the molecule is CNC(=O)COCC(=O)CN. The summed E-state index contributed by atoms with van der Waals surface area (Å²) in [5, 5.41) is 2.35. The average molecular weight is 160 g/mol. The van der Waals surface area contributed by atoms with Gasteiger partial charge in [0.15, 0.2) is 5.78 Å². The van der Waals surface area contributed by atoms with Gasteiger partial charge in [0.1, 0.15) is 13.2 Å². The van der Waals surface area contributed by atoms with E-state index in [9.17, 15) is 9.59 Å². The molecule has 0 atom stereocenters. The van der Waals surface area contributed by atoms with Gasteiger partial charge in [0.2, 0.25) is 5.91 Å². The van der Waals surface area contributed by atoms with Crippen LogP contribution < -0.4 is 11.1 Å². The summed E-state index contributed by atoms with van der Waals surface area (Å²) in [6.07, 6.45) is 0. The topological polar surface area (TPSA) is 81.4 Å². The molecule has 5 nitrogen and oxygen atoms in total. The number of hydrogen-bond acceptors (Lipinski definition) is 4. The number of nitrogens with one attached hydrogen (secondary N) is 1. The second kappa shape index (κ2) is 5.82. The van der Waals surface area contributed by atoms with Gasteiger partial charge in [0, 0.05) is 7.05 Å². The number of amides is 1. The highest BCUT2D eigenvalue weighted by Crippen LogP contribution is 1.75. The maximum Gasteiger partial charge on any atom is 0.245 e. The lowest BCUT2D eigenvalue weighted by atomic mass is 10.4. The number of ether oxygens (including phenoxy) is 1. The van der Waals surface area contributed by atoms with Crippen molar-refractivity contribution in [3.05, 3.63) is 0 Å². The van der Waals surface area contributed by atoms with Crippen LogP contribution in [0.25, 0.3) is 0 Å². The maximum absolute atomic E-state index is 10.5. The van der Waals surface area contributed by atoms with Crippen molar-refractivity contribution in [1.82, 2.24) is 5.32 Å². The molecule has 64 valence electrons. The lowest BCUT2D eigenvalue weighted by Crippen LogP contribution is -2.26. The minimum atomic E-state index is -0.255. The molecule has 0 unspecified atom stereocenters. The van der Waals surface area contributed by atoms with Gasteiger partial charge in [-0.3, -0.25) is 9.59 Å². The molecule has 0 saturated heterocycles. The van der Waals surface area contributed by atoms with Gasteiger partial charge < -0.3 is 15.8 Å². The Bertz CT molecular complexity index is 131. The van der Waals surface area contributed by atoms with E-state index in [1.165, 1.54) is 7.05 Å². The first-order chi connectivity index (χ1) is 5.20. The first-order valence-corrected chi connectivity index (χ1v) is 3.20. The van der Waals surface area contributed by atoms with Gasteiger partial charge in [-0.1, -0.05) is 0 Å². The molecule has 0 rings (SSSR count). The van der Waals surface area contributed by atoms with Crippen LogP contribution in [0.1, 0.15) is 0 Å². The van der Waals surface area contributed by atoms with Crippen molar-refractivity contribution in [2.24, 2.45) is 5.73 Å². The van der Waals surface area contributed by atoms with Gasteiger partial charge >= 0.3 is 0 Å². The number of ketones is 1. The molecule has 0 aromatic carbocycles. The second-order valence-electron chi connectivity index (χ2n) is 1.91. The monoisotopic (exact) mass is 160 g/mol. The molecule has 0 heterocycles. The van der Waals surface area contributed by atoms with E-state index in [0.717, 1.165) is 0 Å². The molecule has 0 aliphatic heterocycles.